The molecule has 0 bridgehead atoms. The van der Waals surface area contributed by atoms with Crippen molar-refractivity contribution in [2.24, 2.45) is 5.92 Å². The van der Waals surface area contributed by atoms with Crippen molar-refractivity contribution in [3.05, 3.63) is 30.1 Å². The Bertz CT molecular complexity index is 642. The van der Waals surface area contributed by atoms with Crippen LogP contribution in [0.2, 0.25) is 0 Å². The van der Waals surface area contributed by atoms with Gasteiger partial charge in [-0.3, -0.25) is 4.79 Å². The number of nitrogens with zero attached hydrogens (tertiary/aromatic N) is 1. The van der Waals surface area contributed by atoms with Crippen molar-refractivity contribution in [2.45, 2.75) is 38.1 Å². The number of H-pyrrole nitrogens is 1. The van der Waals surface area contributed by atoms with Gasteiger partial charge < -0.3 is 15.4 Å². The van der Waals surface area contributed by atoms with Crippen LogP contribution in [-0.2, 0) is 0 Å². The highest BCUT2D eigenvalue weighted by atomic mass is 16.3. The van der Waals surface area contributed by atoms with Gasteiger partial charge in [-0.15, -0.1) is 0 Å². The van der Waals surface area contributed by atoms with Crippen molar-refractivity contribution in [3.8, 4) is 0 Å². The van der Waals surface area contributed by atoms with E-state index in [9.17, 15) is 9.90 Å². The predicted octanol–water partition coefficient (Wildman–Crippen LogP) is 2.23. The molecule has 0 aliphatic heterocycles. The van der Waals surface area contributed by atoms with Crippen LogP contribution in [0.1, 0.15) is 43.0 Å². The second kappa shape index (κ2) is 5.48. The minimum atomic E-state index is -0.466. The highest BCUT2D eigenvalue weighted by Gasteiger charge is 2.35. The van der Waals surface area contributed by atoms with Crippen molar-refractivity contribution >= 4 is 16.9 Å². The Morgan fingerprint density at radius 1 is 1.48 bits per heavy atom. The van der Waals surface area contributed by atoms with Crippen LogP contribution in [0, 0.1) is 5.92 Å². The van der Waals surface area contributed by atoms with E-state index < -0.39 is 5.54 Å². The Labute approximate surface area is 123 Å². The molecule has 112 valence electrons. The fraction of sp³-hybridized carbons (Fsp3) is 0.500. The Hall–Kier alpha value is -1.88. The molecule has 3 N–H and O–H groups in total. The molecule has 1 aromatic heterocycles. The first-order valence-electron chi connectivity index (χ1n) is 7.48. The predicted molar refractivity (Wildman–Crippen MR) is 81.0 cm³/mol. The zero-order valence-electron chi connectivity index (χ0n) is 12.2. The van der Waals surface area contributed by atoms with Gasteiger partial charge in [-0.1, -0.05) is 6.92 Å². The molecule has 1 fully saturated rings. The molecule has 1 amide bonds. The summed E-state index contributed by atoms with van der Waals surface area (Å²) in [6.07, 6.45) is 5.37. The first-order valence-corrected chi connectivity index (χ1v) is 7.48. The molecular weight excluding hydrogens is 266 g/mol. The largest absolute Gasteiger partial charge is 0.394 e. The van der Waals surface area contributed by atoms with Crippen LogP contribution in [0.15, 0.2) is 24.5 Å². The summed E-state index contributed by atoms with van der Waals surface area (Å²) < 4.78 is 0. The van der Waals surface area contributed by atoms with Crippen molar-refractivity contribution < 1.29 is 9.90 Å². The summed E-state index contributed by atoms with van der Waals surface area (Å²) in [4.78, 5) is 19.6. The lowest BCUT2D eigenvalue weighted by atomic mass is 9.77. The highest BCUT2D eigenvalue weighted by Crippen LogP contribution is 2.31. The molecule has 0 unspecified atom stereocenters. The minimum Gasteiger partial charge on any atom is -0.394 e. The molecule has 5 nitrogen and oxygen atoms in total. The van der Waals surface area contributed by atoms with E-state index in [2.05, 4.69) is 22.2 Å². The molecule has 0 saturated heterocycles. The van der Waals surface area contributed by atoms with Gasteiger partial charge in [-0.25, -0.2) is 4.98 Å². The van der Waals surface area contributed by atoms with E-state index in [1.165, 1.54) is 0 Å². The van der Waals surface area contributed by atoms with E-state index in [4.69, 9.17) is 0 Å². The number of imidazole rings is 1. The smallest absolute Gasteiger partial charge is 0.251 e. The van der Waals surface area contributed by atoms with E-state index >= 15 is 0 Å². The second-order valence-corrected chi connectivity index (χ2v) is 6.21. The maximum Gasteiger partial charge on any atom is 0.251 e. The average Bonchev–Trinajstić information content (AvgIpc) is 2.97. The number of aliphatic hydroxyl groups is 1. The number of hydrogen-bond donors (Lipinski definition) is 3. The molecule has 1 heterocycles. The quantitative estimate of drug-likeness (QED) is 0.810. The Balaban J connectivity index is 1.77. The Morgan fingerprint density at radius 2 is 2.24 bits per heavy atom. The number of carbonyl (C=O) groups is 1. The number of fused-ring (bicyclic) bond motifs is 1. The molecule has 21 heavy (non-hydrogen) atoms. The van der Waals surface area contributed by atoms with Crippen molar-refractivity contribution in [1.82, 2.24) is 15.3 Å². The summed E-state index contributed by atoms with van der Waals surface area (Å²) in [7, 11) is 0. The van der Waals surface area contributed by atoms with E-state index in [1.807, 2.05) is 6.07 Å². The number of nitrogens with one attached hydrogen (secondary N) is 2. The van der Waals surface area contributed by atoms with Crippen LogP contribution in [0.5, 0.6) is 0 Å². The van der Waals surface area contributed by atoms with Gasteiger partial charge in [0.25, 0.3) is 5.91 Å². The SMILES string of the molecule is CC1CCC(CO)(NC(=O)c2ccc3nc[nH]c3c2)CC1. The molecule has 0 radical (unpaired) electrons. The van der Waals surface area contributed by atoms with Gasteiger partial charge in [0.1, 0.15) is 0 Å². The first-order chi connectivity index (χ1) is 10.1. The molecule has 3 rings (SSSR count). The zero-order valence-corrected chi connectivity index (χ0v) is 12.2. The van der Waals surface area contributed by atoms with E-state index in [0.29, 0.717) is 11.5 Å². The number of aromatic nitrogens is 2. The van der Waals surface area contributed by atoms with Crippen LogP contribution in [0.25, 0.3) is 11.0 Å². The van der Waals surface area contributed by atoms with Gasteiger partial charge in [0.2, 0.25) is 0 Å². The number of amides is 1. The average molecular weight is 287 g/mol. The van der Waals surface area contributed by atoms with Crippen molar-refractivity contribution in [2.75, 3.05) is 6.61 Å². The number of carbonyl (C=O) groups excluding carboxylic acids is 1. The van der Waals surface area contributed by atoms with Crippen LogP contribution in [0.3, 0.4) is 0 Å². The van der Waals surface area contributed by atoms with Crippen LogP contribution in [-0.4, -0.2) is 33.1 Å². The molecule has 2 aromatic rings. The molecule has 1 aliphatic rings. The second-order valence-electron chi connectivity index (χ2n) is 6.21. The number of hydrogen-bond acceptors (Lipinski definition) is 3. The molecular formula is C16H21N3O2. The Kier molecular flexibility index (Phi) is 3.68. The standard InChI is InChI=1S/C16H21N3O2/c1-11-4-6-16(9-20,7-5-11)19-15(21)12-2-3-13-14(8-12)18-10-17-13/h2-3,8,10-11,20H,4-7,9H2,1H3,(H,17,18)(H,19,21). The molecule has 0 spiro atoms. The van der Waals surface area contributed by atoms with Crippen LogP contribution < -0.4 is 5.32 Å². The molecule has 1 saturated carbocycles. The number of aromatic amines is 1. The molecule has 5 heteroatoms. The van der Waals surface area contributed by atoms with E-state index in [0.717, 1.165) is 36.7 Å². The lowest BCUT2D eigenvalue weighted by molar-refractivity contribution is 0.0717. The van der Waals surface area contributed by atoms with Gasteiger partial charge in [0.05, 0.1) is 29.5 Å². The number of aliphatic hydroxyl groups excluding tert-OH is 1. The highest BCUT2D eigenvalue weighted by molar-refractivity contribution is 5.97. The normalized spacial score (nSPS) is 25.9. The number of rotatable bonds is 3. The lowest BCUT2D eigenvalue weighted by Crippen LogP contribution is -2.53. The van der Waals surface area contributed by atoms with Gasteiger partial charge >= 0.3 is 0 Å². The maximum absolute atomic E-state index is 12.5. The monoisotopic (exact) mass is 287 g/mol. The minimum absolute atomic E-state index is 0.00222. The lowest BCUT2D eigenvalue weighted by Gasteiger charge is -2.38. The number of benzene rings is 1. The summed E-state index contributed by atoms with van der Waals surface area (Å²) in [5, 5.41) is 12.8. The third kappa shape index (κ3) is 2.78. The van der Waals surface area contributed by atoms with Crippen molar-refractivity contribution in [1.29, 1.82) is 0 Å². The van der Waals surface area contributed by atoms with Crippen molar-refractivity contribution in [3.63, 3.8) is 0 Å². The third-order valence-corrected chi connectivity index (χ3v) is 4.60. The zero-order chi connectivity index (χ0) is 14.9. The van der Waals surface area contributed by atoms with Gasteiger partial charge in [0.15, 0.2) is 0 Å². The third-order valence-electron chi connectivity index (χ3n) is 4.60. The summed E-state index contributed by atoms with van der Waals surface area (Å²) in [6, 6.07) is 5.40. The van der Waals surface area contributed by atoms with Crippen LogP contribution >= 0.6 is 0 Å². The van der Waals surface area contributed by atoms with Gasteiger partial charge in [0, 0.05) is 5.56 Å². The van der Waals surface area contributed by atoms with Gasteiger partial charge in [-0.2, -0.15) is 0 Å². The van der Waals surface area contributed by atoms with E-state index in [1.54, 1.807) is 18.5 Å². The molecule has 1 aliphatic carbocycles. The maximum atomic E-state index is 12.5. The fourth-order valence-electron chi connectivity index (χ4n) is 3.03. The fourth-order valence-corrected chi connectivity index (χ4v) is 3.03. The summed E-state index contributed by atoms with van der Waals surface area (Å²) >= 11 is 0. The topological polar surface area (TPSA) is 78.0 Å². The Morgan fingerprint density at radius 3 is 2.95 bits per heavy atom. The summed E-state index contributed by atoms with van der Waals surface area (Å²) in [5.74, 6) is 0.540. The molecule has 0 atom stereocenters. The molecule has 1 aromatic carbocycles. The summed E-state index contributed by atoms with van der Waals surface area (Å²) in [6.45, 7) is 2.22. The first kappa shape index (κ1) is 14.1. The van der Waals surface area contributed by atoms with E-state index in [-0.39, 0.29) is 12.5 Å². The van der Waals surface area contributed by atoms with Gasteiger partial charge in [-0.05, 0) is 49.8 Å². The van der Waals surface area contributed by atoms with Crippen LogP contribution in [0.4, 0.5) is 0 Å². The summed E-state index contributed by atoms with van der Waals surface area (Å²) in [5.41, 5.74) is 1.82.